The lowest BCUT2D eigenvalue weighted by atomic mass is 9.99. The number of anilines is 1. The van der Waals surface area contributed by atoms with Crippen molar-refractivity contribution in [2.45, 2.75) is 57.3 Å². The molecule has 26 heavy (non-hydrogen) atoms. The Balaban J connectivity index is 1.40. The number of rotatable bonds is 3. The predicted octanol–water partition coefficient (Wildman–Crippen LogP) is 2.22. The number of aromatic nitrogens is 2. The van der Waals surface area contributed by atoms with Gasteiger partial charge in [-0.25, -0.2) is 9.97 Å². The number of hydrogen-bond donors (Lipinski definition) is 0. The summed E-state index contributed by atoms with van der Waals surface area (Å²) in [5.41, 5.74) is 0.588. The second-order valence-corrected chi connectivity index (χ2v) is 7.42. The first-order valence-electron chi connectivity index (χ1n) is 9.87. The molecule has 3 fully saturated rings. The fourth-order valence-electron chi connectivity index (χ4n) is 4.29. The van der Waals surface area contributed by atoms with Gasteiger partial charge < -0.3 is 19.3 Å². The minimum Gasteiger partial charge on any atom is -0.347 e. The Hall–Kier alpha value is -1.73. The zero-order valence-electron chi connectivity index (χ0n) is 15.5. The number of ether oxygens (including phenoxy) is 2. The molecule has 1 aromatic rings. The summed E-state index contributed by atoms with van der Waals surface area (Å²) in [5, 5.41) is 0. The number of piperidine rings is 2. The van der Waals surface area contributed by atoms with Crippen LogP contribution in [0.4, 0.5) is 5.95 Å². The summed E-state index contributed by atoms with van der Waals surface area (Å²) in [5.74, 6) is 0.351. The van der Waals surface area contributed by atoms with Crippen molar-refractivity contribution in [3.8, 4) is 0 Å². The molecule has 3 aliphatic rings. The van der Waals surface area contributed by atoms with Gasteiger partial charge in [0.1, 0.15) is 0 Å². The molecule has 0 saturated carbocycles. The summed E-state index contributed by atoms with van der Waals surface area (Å²) in [7, 11) is 0. The zero-order valence-corrected chi connectivity index (χ0v) is 15.5. The maximum absolute atomic E-state index is 12.8. The molecular formula is C19H28N4O3. The quantitative estimate of drug-likeness (QED) is 0.823. The van der Waals surface area contributed by atoms with Crippen LogP contribution in [0.5, 0.6) is 0 Å². The SMILES string of the molecule is CCC1CCCCN1C(=O)c1cnc(N2CCC3(CC2)OCCO3)nc1. The number of carbonyl (C=O) groups is 1. The normalized spacial score (nSPS) is 25.7. The highest BCUT2D eigenvalue weighted by molar-refractivity contribution is 5.94. The van der Waals surface area contributed by atoms with Gasteiger partial charge in [0.05, 0.1) is 18.8 Å². The van der Waals surface area contributed by atoms with E-state index in [0.29, 0.717) is 30.8 Å². The van der Waals surface area contributed by atoms with Crippen molar-refractivity contribution in [2.24, 2.45) is 0 Å². The van der Waals surface area contributed by atoms with Crippen molar-refractivity contribution < 1.29 is 14.3 Å². The highest BCUT2D eigenvalue weighted by Gasteiger charge is 2.40. The van der Waals surface area contributed by atoms with Crippen molar-refractivity contribution in [3.05, 3.63) is 18.0 Å². The minimum absolute atomic E-state index is 0.0634. The van der Waals surface area contributed by atoms with E-state index in [4.69, 9.17) is 9.47 Å². The molecule has 7 nitrogen and oxygen atoms in total. The number of likely N-dealkylation sites (tertiary alicyclic amines) is 1. The zero-order chi connectivity index (χ0) is 18.0. The van der Waals surface area contributed by atoms with Crippen LogP contribution >= 0.6 is 0 Å². The van der Waals surface area contributed by atoms with Crippen LogP contribution < -0.4 is 4.90 Å². The van der Waals surface area contributed by atoms with Crippen molar-refractivity contribution in [2.75, 3.05) is 37.7 Å². The summed E-state index contributed by atoms with van der Waals surface area (Å²) in [6.45, 7) is 5.96. The fourth-order valence-corrected chi connectivity index (χ4v) is 4.29. The average molecular weight is 360 g/mol. The molecule has 0 N–H and O–H groups in total. The van der Waals surface area contributed by atoms with Gasteiger partial charge in [-0.2, -0.15) is 0 Å². The minimum atomic E-state index is -0.393. The molecule has 0 aromatic carbocycles. The molecule has 0 bridgehead atoms. The first-order valence-corrected chi connectivity index (χ1v) is 9.87. The van der Waals surface area contributed by atoms with E-state index in [0.717, 1.165) is 51.7 Å². The molecule has 7 heteroatoms. The van der Waals surface area contributed by atoms with Crippen LogP contribution in [-0.4, -0.2) is 65.5 Å². The third-order valence-corrected chi connectivity index (χ3v) is 5.87. The first kappa shape index (κ1) is 17.7. The standard InChI is InChI=1S/C19H28N4O3/c1-2-16-5-3-4-8-23(16)17(24)15-13-20-18(21-14-15)22-9-6-19(7-10-22)25-11-12-26-19/h13-14,16H,2-12H2,1H3. The summed E-state index contributed by atoms with van der Waals surface area (Å²) in [4.78, 5) is 25.9. The summed E-state index contributed by atoms with van der Waals surface area (Å²) in [6, 6.07) is 0.348. The van der Waals surface area contributed by atoms with E-state index in [1.54, 1.807) is 12.4 Å². The van der Waals surface area contributed by atoms with E-state index in [2.05, 4.69) is 21.8 Å². The maximum Gasteiger partial charge on any atom is 0.257 e. The molecule has 1 atom stereocenters. The van der Waals surface area contributed by atoms with E-state index < -0.39 is 5.79 Å². The molecule has 1 unspecified atom stereocenters. The third kappa shape index (κ3) is 3.42. The second kappa shape index (κ2) is 7.48. The summed E-state index contributed by atoms with van der Waals surface area (Å²) >= 11 is 0. The lowest BCUT2D eigenvalue weighted by Crippen LogP contribution is -2.46. The molecule has 1 aromatic heterocycles. The van der Waals surface area contributed by atoms with E-state index in [9.17, 15) is 4.79 Å². The van der Waals surface area contributed by atoms with Gasteiger partial charge in [0.2, 0.25) is 5.95 Å². The average Bonchev–Trinajstić information content (AvgIpc) is 3.16. The lowest BCUT2D eigenvalue weighted by molar-refractivity contribution is -0.169. The summed E-state index contributed by atoms with van der Waals surface area (Å²) in [6.07, 6.45) is 9.40. The Morgan fingerprint density at radius 3 is 2.50 bits per heavy atom. The largest absolute Gasteiger partial charge is 0.347 e. The number of hydrogen-bond acceptors (Lipinski definition) is 6. The van der Waals surface area contributed by atoms with E-state index >= 15 is 0 Å². The van der Waals surface area contributed by atoms with Crippen LogP contribution in [0.25, 0.3) is 0 Å². The number of carbonyl (C=O) groups excluding carboxylic acids is 1. The lowest BCUT2D eigenvalue weighted by Gasteiger charge is -2.37. The number of amides is 1. The van der Waals surface area contributed by atoms with Gasteiger partial charge in [-0.3, -0.25) is 4.79 Å². The molecule has 1 spiro atoms. The Morgan fingerprint density at radius 1 is 1.15 bits per heavy atom. The molecule has 4 rings (SSSR count). The summed E-state index contributed by atoms with van der Waals surface area (Å²) < 4.78 is 11.5. The molecule has 3 aliphatic heterocycles. The Morgan fingerprint density at radius 2 is 1.85 bits per heavy atom. The van der Waals surface area contributed by atoms with Gasteiger partial charge >= 0.3 is 0 Å². The van der Waals surface area contributed by atoms with Gasteiger partial charge in [0, 0.05) is 50.9 Å². The Kier molecular flexibility index (Phi) is 5.09. The van der Waals surface area contributed by atoms with Gasteiger partial charge in [0.15, 0.2) is 5.79 Å². The molecule has 0 radical (unpaired) electrons. The smallest absolute Gasteiger partial charge is 0.257 e. The van der Waals surface area contributed by atoms with Crippen LogP contribution in [0.3, 0.4) is 0 Å². The first-order chi connectivity index (χ1) is 12.7. The Bertz CT molecular complexity index is 620. The van der Waals surface area contributed by atoms with Crippen molar-refractivity contribution in [1.82, 2.24) is 14.9 Å². The van der Waals surface area contributed by atoms with Crippen molar-refractivity contribution >= 4 is 11.9 Å². The van der Waals surface area contributed by atoms with E-state index in [1.807, 2.05) is 4.90 Å². The third-order valence-electron chi connectivity index (χ3n) is 5.87. The van der Waals surface area contributed by atoms with Gasteiger partial charge in [-0.05, 0) is 25.7 Å². The molecular weight excluding hydrogens is 332 g/mol. The van der Waals surface area contributed by atoms with E-state index in [1.165, 1.54) is 6.42 Å². The highest BCUT2D eigenvalue weighted by atomic mass is 16.7. The van der Waals surface area contributed by atoms with Gasteiger partial charge in [0.25, 0.3) is 5.91 Å². The number of nitrogens with zero attached hydrogens (tertiary/aromatic N) is 4. The fraction of sp³-hybridized carbons (Fsp3) is 0.737. The highest BCUT2D eigenvalue weighted by Crippen LogP contribution is 2.32. The second-order valence-electron chi connectivity index (χ2n) is 7.42. The molecule has 0 aliphatic carbocycles. The topological polar surface area (TPSA) is 67.8 Å². The van der Waals surface area contributed by atoms with Gasteiger partial charge in [-0.15, -0.1) is 0 Å². The van der Waals surface area contributed by atoms with Crippen LogP contribution in [0, 0.1) is 0 Å². The Labute approximate surface area is 154 Å². The van der Waals surface area contributed by atoms with Crippen molar-refractivity contribution in [3.63, 3.8) is 0 Å². The maximum atomic E-state index is 12.8. The van der Waals surface area contributed by atoms with Gasteiger partial charge in [-0.1, -0.05) is 6.92 Å². The monoisotopic (exact) mass is 360 g/mol. The van der Waals surface area contributed by atoms with Crippen LogP contribution in [0.15, 0.2) is 12.4 Å². The molecule has 4 heterocycles. The van der Waals surface area contributed by atoms with Crippen molar-refractivity contribution in [1.29, 1.82) is 0 Å². The predicted molar refractivity (Wildman–Crippen MR) is 97.1 cm³/mol. The van der Waals surface area contributed by atoms with E-state index in [-0.39, 0.29) is 5.91 Å². The molecule has 3 saturated heterocycles. The van der Waals surface area contributed by atoms with Crippen LogP contribution in [-0.2, 0) is 9.47 Å². The van der Waals surface area contributed by atoms with Crippen LogP contribution in [0.2, 0.25) is 0 Å². The van der Waals surface area contributed by atoms with Crippen LogP contribution in [0.1, 0.15) is 55.8 Å². The molecule has 1 amide bonds. The molecule has 142 valence electrons.